The predicted octanol–water partition coefficient (Wildman–Crippen LogP) is 1.15. The third kappa shape index (κ3) is 3.68. The summed E-state index contributed by atoms with van der Waals surface area (Å²) < 4.78 is 5.71. The number of ether oxygens (including phenoxy) is 1. The van der Waals surface area contributed by atoms with Gasteiger partial charge in [-0.3, -0.25) is 4.90 Å². The fourth-order valence-electron chi connectivity index (χ4n) is 2.08. The van der Waals surface area contributed by atoms with Gasteiger partial charge in [0.15, 0.2) is 5.82 Å². The molecule has 1 aromatic rings. The van der Waals surface area contributed by atoms with Gasteiger partial charge in [-0.2, -0.15) is 4.98 Å². The number of hydrogen-bond donors (Lipinski definition) is 2. The van der Waals surface area contributed by atoms with E-state index in [-0.39, 0.29) is 11.4 Å². The second-order valence-corrected chi connectivity index (χ2v) is 4.95. The number of likely N-dealkylation sites (N-methyl/N-ethyl adjacent to an activating group) is 1. The molecule has 0 bridgehead atoms. The number of aryl methyl sites for hydroxylation is 1. The summed E-state index contributed by atoms with van der Waals surface area (Å²) in [7, 11) is 0. The van der Waals surface area contributed by atoms with E-state index in [0.717, 1.165) is 26.2 Å². The van der Waals surface area contributed by atoms with Crippen LogP contribution in [0, 0.1) is 6.92 Å². The summed E-state index contributed by atoms with van der Waals surface area (Å²) in [6.45, 7) is 8.34. The molecule has 1 aliphatic rings. The summed E-state index contributed by atoms with van der Waals surface area (Å²) >= 11 is 5.83. The van der Waals surface area contributed by atoms with Crippen molar-refractivity contribution in [2.45, 2.75) is 20.0 Å². The Labute approximate surface area is 118 Å². The molecule has 7 heteroatoms. The molecule has 0 spiro atoms. The van der Waals surface area contributed by atoms with Crippen molar-refractivity contribution in [2.24, 2.45) is 0 Å². The molecule has 0 radical (unpaired) electrons. The van der Waals surface area contributed by atoms with Crippen LogP contribution in [0.5, 0.6) is 0 Å². The highest BCUT2D eigenvalue weighted by Crippen LogP contribution is 2.20. The standard InChI is InChI=1S/C12H20ClN5O/c1-3-18-4-5-19-9(7-18)6-15-11-10(14)8(2)16-12(13)17-11/h9H,3-7,14H2,1-2H3,(H,15,16,17). The topological polar surface area (TPSA) is 76.3 Å². The van der Waals surface area contributed by atoms with Gasteiger partial charge in [0.05, 0.1) is 24.1 Å². The fraction of sp³-hybridized carbons (Fsp3) is 0.667. The van der Waals surface area contributed by atoms with Gasteiger partial charge in [-0.15, -0.1) is 0 Å². The van der Waals surface area contributed by atoms with Gasteiger partial charge in [-0.1, -0.05) is 6.92 Å². The largest absolute Gasteiger partial charge is 0.394 e. The van der Waals surface area contributed by atoms with Gasteiger partial charge in [-0.25, -0.2) is 4.98 Å². The number of rotatable bonds is 4. The van der Waals surface area contributed by atoms with Gasteiger partial charge < -0.3 is 15.8 Å². The van der Waals surface area contributed by atoms with Crippen molar-refractivity contribution < 1.29 is 4.74 Å². The summed E-state index contributed by atoms with van der Waals surface area (Å²) in [4.78, 5) is 10.5. The Morgan fingerprint density at radius 1 is 1.53 bits per heavy atom. The number of anilines is 2. The minimum Gasteiger partial charge on any atom is -0.394 e. The molecule has 106 valence electrons. The number of nitrogen functional groups attached to an aromatic ring is 1. The molecule has 1 saturated heterocycles. The van der Waals surface area contributed by atoms with E-state index in [1.54, 1.807) is 0 Å². The highest BCUT2D eigenvalue weighted by Gasteiger charge is 2.19. The van der Waals surface area contributed by atoms with Crippen LogP contribution in [0.25, 0.3) is 0 Å². The number of morpholine rings is 1. The maximum Gasteiger partial charge on any atom is 0.224 e. The third-order valence-corrected chi connectivity index (χ3v) is 3.45. The van der Waals surface area contributed by atoms with E-state index in [2.05, 4.69) is 27.1 Å². The summed E-state index contributed by atoms with van der Waals surface area (Å²) in [6.07, 6.45) is 0.141. The first kappa shape index (κ1) is 14.3. The first-order chi connectivity index (χ1) is 9.10. The lowest BCUT2D eigenvalue weighted by Crippen LogP contribution is -2.45. The molecule has 1 unspecified atom stereocenters. The van der Waals surface area contributed by atoms with E-state index in [4.69, 9.17) is 22.1 Å². The maximum absolute atomic E-state index is 5.92. The van der Waals surface area contributed by atoms with Crippen molar-refractivity contribution in [3.63, 3.8) is 0 Å². The van der Waals surface area contributed by atoms with Crippen molar-refractivity contribution in [3.05, 3.63) is 11.0 Å². The Hall–Kier alpha value is -1.11. The van der Waals surface area contributed by atoms with Crippen LogP contribution in [-0.4, -0.2) is 53.8 Å². The lowest BCUT2D eigenvalue weighted by Gasteiger charge is -2.32. The van der Waals surface area contributed by atoms with Crippen LogP contribution in [-0.2, 0) is 4.74 Å². The zero-order valence-electron chi connectivity index (χ0n) is 11.3. The Balaban J connectivity index is 1.95. The van der Waals surface area contributed by atoms with Crippen molar-refractivity contribution in [2.75, 3.05) is 43.8 Å². The molecule has 2 rings (SSSR count). The lowest BCUT2D eigenvalue weighted by molar-refractivity contribution is -0.0192. The van der Waals surface area contributed by atoms with E-state index >= 15 is 0 Å². The van der Waals surface area contributed by atoms with Gasteiger partial charge in [0.2, 0.25) is 5.28 Å². The minimum absolute atomic E-state index is 0.141. The van der Waals surface area contributed by atoms with Crippen LogP contribution >= 0.6 is 11.6 Å². The van der Waals surface area contributed by atoms with Crippen LogP contribution in [0.4, 0.5) is 11.5 Å². The summed E-state index contributed by atoms with van der Waals surface area (Å²) in [5.74, 6) is 0.578. The zero-order chi connectivity index (χ0) is 13.8. The molecule has 0 amide bonds. The molecule has 1 aromatic heterocycles. The zero-order valence-corrected chi connectivity index (χ0v) is 12.1. The first-order valence-corrected chi connectivity index (χ1v) is 6.85. The number of halogens is 1. The van der Waals surface area contributed by atoms with Gasteiger partial charge in [0.1, 0.15) is 0 Å². The Morgan fingerprint density at radius 3 is 3.05 bits per heavy atom. The summed E-state index contributed by atoms with van der Waals surface area (Å²) in [5, 5.41) is 3.40. The monoisotopic (exact) mass is 285 g/mol. The smallest absolute Gasteiger partial charge is 0.224 e. The van der Waals surface area contributed by atoms with Crippen LogP contribution < -0.4 is 11.1 Å². The molecular formula is C12H20ClN5O. The fourth-order valence-corrected chi connectivity index (χ4v) is 2.30. The average molecular weight is 286 g/mol. The van der Waals surface area contributed by atoms with Gasteiger partial charge in [0.25, 0.3) is 0 Å². The van der Waals surface area contributed by atoms with Crippen LogP contribution in [0.1, 0.15) is 12.6 Å². The molecule has 19 heavy (non-hydrogen) atoms. The number of nitrogens with zero attached hydrogens (tertiary/aromatic N) is 3. The number of nitrogens with one attached hydrogen (secondary N) is 1. The predicted molar refractivity (Wildman–Crippen MR) is 76.5 cm³/mol. The summed E-state index contributed by atoms with van der Waals surface area (Å²) in [5.41, 5.74) is 7.14. The highest BCUT2D eigenvalue weighted by molar-refractivity contribution is 6.28. The second-order valence-electron chi connectivity index (χ2n) is 4.61. The minimum atomic E-state index is 0.141. The Kier molecular flexibility index (Phi) is 4.79. The second kappa shape index (κ2) is 6.36. The normalized spacial score (nSPS) is 20.5. The molecule has 1 atom stereocenters. The van der Waals surface area contributed by atoms with Crippen molar-refractivity contribution in [3.8, 4) is 0 Å². The van der Waals surface area contributed by atoms with E-state index in [9.17, 15) is 0 Å². The van der Waals surface area contributed by atoms with E-state index < -0.39 is 0 Å². The molecule has 6 nitrogen and oxygen atoms in total. The maximum atomic E-state index is 5.92. The molecule has 0 aromatic carbocycles. The molecule has 1 aliphatic heterocycles. The Bertz CT molecular complexity index is 442. The molecule has 3 N–H and O–H groups in total. The summed E-state index contributed by atoms with van der Waals surface area (Å²) in [6, 6.07) is 0. The van der Waals surface area contributed by atoms with E-state index in [0.29, 0.717) is 23.7 Å². The average Bonchev–Trinajstić information content (AvgIpc) is 2.41. The SMILES string of the molecule is CCN1CCOC(CNc2nc(Cl)nc(C)c2N)C1. The van der Waals surface area contributed by atoms with Crippen LogP contribution in [0.2, 0.25) is 5.28 Å². The number of hydrogen-bond acceptors (Lipinski definition) is 6. The molecule has 0 saturated carbocycles. The third-order valence-electron chi connectivity index (χ3n) is 3.28. The van der Waals surface area contributed by atoms with Crippen molar-refractivity contribution in [1.82, 2.24) is 14.9 Å². The highest BCUT2D eigenvalue weighted by atomic mass is 35.5. The quantitative estimate of drug-likeness (QED) is 0.809. The van der Waals surface area contributed by atoms with Crippen LogP contribution in [0.15, 0.2) is 0 Å². The molecule has 1 fully saturated rings. The van der Waals surface area contributed by atoms with Crippen molar-refractivity contribution in [1.29, 1.82) is 0 Å². The molecular weight excluding hydrogens is 266 g/mol. The van der Waals surface area contributed by atoms with Gasteiger partial charge >= 0.3 is 0 Å². The molecule has 0 aliphatic carbocycles. The first-order valence-electron chi connectivity index (χ1n) is 6.47. The number of aromatic nitrogens is 2. The van der Waals surface area contributed by atoms with E-state index in [1.165, 1.54) is 0 Å². The lowest BCUT2D eigenvalue weighted by atomic mass is 10.2. The number of nitrogens with two attached hydrogens (primary N) is 1. The van der Waals surface area contributed by atoms with Gasteiger partial charge in [-0.05, 0) is 25.1 Å². The van der Waals surface area contributed by atoms with Crippen LogP contribution in [0.3, 0.4) is 0 Å². The Morgan fingerprint density at radius 2 is 2.32 bits per heavy atom. The van der Waals surface area contributed by atoms with Gasteiger partial charge in [0, 0.05) is 19.6 Å². The molecule has 2 heterocycles. The van der Waals surface area contributed by atoms with Crippen molar-refractivity contribution >= 4 is 23.1 Å². The van der Waals surface area contributed by atoms with E-state index in [1.807, 2.05) is 6.92 Å².